The molecule has 0 aliphatic heterocycles. The highest BCUT2D eigenvalue weighted by molar-refractivity contribution is 7.99. The van der Waals surface area contributed by atoms with E-state index in [0.29, 0.717) is 27.7 Å². The van der Waals surface area contributed by atoms with Crippen LogP contribution in [0.5, 0.6) is 23.0 Å². The Labute approximate surface area is 218 Å². The van der Waals surface area contributed by atoms with Gasteiger partial charge in [0.2, 0.25) is 0 Å². The maximum Gasteiger partial charge on any atom is 0.306 e. The number of methoxy groups -OCH3 is 1. The molecule has 0 heterocycles. The molecule has 0 aliphatic rings. The quantitative estimate of drug-likeness (QED) is 0.146. The minimum absolute atomic E-state index is 0.0113. The second-order valence-corrected chi connectivity index (χ2v) is 10.3. The van der Waals surface area contributed by atoms with Crippen LogP contribution >= 0.6 is 23.5 Å². The van der Waals surface area contributed by atoms with Gasteiger partial charge in [0.25, 0.3) is 0 Å². The first-order valence-electron chi connectivity index (χ1n) is 11.3. The molecular weight excluding hydrogens is 508 g/mol. The molecule has 4 N–H and O–H groups in total. The van der Waals surface area contributed by atoms with E-state index < -0.39 is 17.4 Å². The summed E-state index contributed by atoms with van der Waals surface area (Å²) in [6.45, 7) is 2.14. The van der Waals surface area contributed by atoms with E-state index >= 15 is 0 Å². The number of carbonyl (C=O) groups excluding carboxylic acids is 2. The van der Waals surface area contributed by atoms with Gasteiger partial charge in [-0.3, -0.25) is 9.59 Å². The van der Waals surface area contributed by atoms with Crippen molar-refractivity contribution in [2.75, 3.05) is 38.4 Å². The summed E-state index contributed by atoms with van der Waals surface area (Å²) >= 11 is 2.45. The van der Waals surface area contributed by atoms with Crippen LogP contribution in [0.3, 0.4) is 0 Å². The lowest BCUT2D eigenvalue weighted by molar-refractivity contribution is -0.156. The molecule has 9 nitrogen and oxygen atoms in total. The molecule has 0 saturated heterocycles. The normalized spacial score (nSPS) is 11.3. The van der Waals surface area contributed by atoms with E-state index in [9.17, 15) is 30.0 Å². The highest BCUT2D eigenvalue weighted by atomic mass is 32.2. The minimum Gasteiger partial charge on any atom is -0.504 e. The summed E-state index contributed by atoms with van der Waals surface area (Å²) in [5.41, 5.74) is -0.701. The van der Waals surface area contributed by atoms with Crippen molar-refractivity contribution >= 4 is 35.5 Å². The number of aromatic hydroxyl groups is 4. The van der Waals surface area contributed by atoms with Gasteiger partial charge in [0.1, 0.15) is 13.2 Å². The number of esters is 2. The Balaban J connectivity index is 1.79. The van der Waals surface area contributed by atoms with Gasteiger partial charge < -0.3 is 34.6 Å². The number of thioether (sulfide) groups is 2. The fourth-order valence-electron chi connectivity index (χ4n) is 3.09. The van der Waals surface area contributed by atoms with Crippen LogP contribution in [-0.4, -0.2) is 70.8 Å². The molecule has 2 aromatic rings. The van der Waals surface area contributed by atoms with Crippen LogP contribution in [0.4, 0.5) is 0 Å². The van der Waals surface area contributed by atoms with E-state index in [1.165, 1.54) is 42.8 Å². The van der Waals surface area contributed by atoms with Crippen molar-refractivity contribution in [1.82, 2.24) is 0 Å². The third-order valence-corrected chi connectivity index (χ3v) is 7.46. The van der Waals surface area contributed by atoms with Gasteiger partial charge in [0.05, 0.1) is 34.7 Å². The lowest BCUT2D eigenvalue weighted by Gasteiger charge is -2.30. The predicted molar refractivity (Wildman–Crippen MR) is 137 cm³/mol. The molecular formula is C25H32O9S2. The first-order valence-corrected chi connectivity index (χ1v) is 13.3. The molecule has 0 aliphatic carbocycles. The molecule has 0 atom stereocenters. The van der Waals surface area contributed by atoms with Crippen LogP contribution in [0.2, 0.25) is 0 Å². The summed E-state index contributed by atoms with van der Waals surface area (Å²) in [5, 5.41) is 38.8. The Kier molecular flexibility index (Phi) is 12.0. The fraction of sp³-hybridized carbons (Fsp3) is 0.440. The predicted octanol–water partition coefficient (Wildman–Crippen LogP) is 4.30. The van der Waals surface area contributed by atoms with Gasteiger partial charge in [-0.1, -0.05) is 19.1 Å². The zero-order valence-electron chi connectivity index (χ0n) is 20.3. The molecule has 0 radical (unpaired) electrons. The van der Waals surface area contributed by atoms with Crippen molar-refractivity contribution in [2.45, 2.75) is 36.0 Å². The van der Waals surface area contributed by atoms with E-state index in [4.69, 9.17) is 14.2 Å². The summed E-state index contributed by atoms with van der Waals surface area (Å²) in [5.74, 6) is -1.07. The van der Waals surface area contributed by atoms with Crippen LogP contribution in [-0.2, 0) is 23.8 Å². The number of phenols is 4. The molecule has 0 aromatic heterocycles. The average Bonchev–Trinajstić information content (AvgIpc) is 2.86. The minimum atomic E-state index is -0.701. The fourth-order valence-corrected chi connectivity index (χ4v) is 4.90. The van der Waals surface area contributed by atoms with Gasteiger partial charge in [-0.05, 0) is 30.7 Å². The van der Waals surface area contributed by atoms with E-state index in [0.717, 1.165) is 0 Å². The number of phenolic OH excluding ortho intramolecular Hbond substituents is 4. The Morgan fingerprint density at radius 3 is 1.61 bits per heavy atom. The topological polar surface area (TPSA) is 143 Å². The molecule has 198 valence electrons. The molecule has 0 bridgehead atoms. The molecule has 2 aromatic carbocycles. The zero-order chi connectivity index (χ0) is 26.6. The number of ether oxygens (including phenoxy) is 3. The molecule has 0 spiro atoms. The van der Waals surface area contributed by atoms with Gasteiger partial charge in [-0.25, -0.2) is 0 Å². The van der Waals surface area contributed by atoms with Crippen LogP contribution in [0, 0.1) is 5.41 Å². The Hall–Kier alpha value is -2.76. The Bertz CT molecular complexity index is 940. The second kappa shape index (κ2) is 14.7. The summed E-state index contributed by atoms with van der Waals surface area (Å²) < 4.78 is 16.2. The van der Waals surface area contributed by atoms with Crippen LogP contribution in [0.1, 0.15) is 26.2 Å². The molecule has 36 heavy (non-hydrogen) atoms. The molecule has 0 amide bonds. The largest absolute Gasteiger partial charge is 0.504 e. The summed E-state index contributed by atoms with van der Waals surface area (Å²) in [7, 11) is 1.52. The van der Waals surface area contributed by atoms with Crippen LogP contribution in [0.15, 0.2) is 46.2 Å². The van der Waals surface area contributed by atoms with Crippen molar-refractivity contribution in [1.29, 1.82) is 0 Å². The lowest BCUT2D eigenvalue weighted by Crippen LogP contribution is -2.38. The summed E-state index contributed by atoms with van der Waals surface area (Å²) in [6, 6.07) is 9.24. The van der Waals surface area contributed by atoms with E-state index in [1.54, 1.807) is 24.3 Å². The van der Waals surface area contributed by atoms with E-state index in [1.807, 2.05) is 6.92 Å². The van der Waals surface area contributed by atoms with Gasteiger partial charge in [0, 0.05) is 18.6 Å². The Morgan fingerprint density at radius 2 is 1.22 bits per heavy atom. The molecule has 2 rings (SSSR count). The Morgan fingerprint density at radius 1 is 0.778 bits per heavy atom. The molecule has 0 unspecified atom stereocenters. The number of benzene rings is 2. The highest BCUT2D eigenvalue weighted by Gasteiger charge is 2.32. The van der Waals surface area contributed by atoms with Crippen LogP contribution in [0.25, 0.3) is 0 Å². The third kappa shape index (κ3) is 9.03. The monoisotopic (exact) mass is 540 g/mol. The number of hydrogen-bond acceptors (Lipinski definition) is 11. The number of rotatable bonds is 15. The first kappa shape index (κ1) is 29.5. The smallest absolute Gasteiger partial charge is 0.306 e. The van der Waals surface area contributed by atoms with Crippen molar-refractivity contribution in [3.8, 4) is 23.0 Å². The zero-order valence-corrected chi connectivity index (χ0v) is 21.9. The number of carbonyl (C=O) groups is 2. The van der Waals surface area contributed by atoms with E-state index in [2.05, 4.69) is 0 Å². The standard InChI is InChI=1S/C25H32O9S2/c1-3-25(14-32-2,15-33-21(28)10-12-35-19-8-4-6-17(26)23(19)30)16-34-22(29)11-13-36-20-9-5-7-18(27)24(20)31/h4-9,26-27,30-31H,3,10-16H2,1-2H3. The summed E-state index contributed by atoms with van der Waals surface area (Å²) in [4.78, 5) is 25.5. The van der Waals surface area contributed by atoms with Crippen molar-refractivity contribution < 1.29 is 44.2 Å². The molecule has 0 fully saturated rings. The average molecular weight is 541 g/mol. The maximum absolute atomic E-state index is 12.3. The van der Waals surface area contributed by atoms with Gasteiger partial charge in [-0.15, -0.1) is 23.5 Å². The van der Waals surface area contributed by atoms with E-state index in [-0.39, 0.29) is 55.7 Å². The second-order valence-electron chi connectivity index (χ2n) is 8.05. The summed E-state index contributed by atoms with van der Waals surface area (Å²) in [6.07, 6.45) is 0.718. The first-order chi connectivity index (χ1) is 17.2. The maximum atomic E-state index is 12.3. The molecule has 11 heteroatoms. The SMILES string of the molecule is CCC(COC)(COC(=O)CCSc1cccc(O)c1O)COC(=O)CCSc1cccc(O)c1O. The van der Waals surface area contributed by atoms with Crippen molar-refractivity contribution in [3.63, 3.8) is 0 Å². The number of para-hydroxylation sites is 2. The third-order valence-electron chi connectivity index (χ3n) is 5.36. The van der Waals surface area contributed by atoms with Gasteiger partial charge in [0.15, 0.2) is 23.0 Å². The van der Waals surface area contributed by atoms with Crippen molar-refractivity contribution in [3.05, 3.63) is 36.4 Å². The van der Waals surface area contributed by atoms with Gasteiger partial charge >= 0.3 is 11.9 Å². The highest BCUT2D eigenvalue weighted by Crippen LogP contribution is 2.36. The lowest BCUT2D eigenvalue weighted by atomic mass is 9.88. The van der Waals surface area contributed by atoms with Crippen LogP contribution < -0.4 is 0 Å². The van der Waals surface area contributed by atoms with Gasteiger partial charge in [-0.2, -0.15) is 0 Å². The molecule has 0 saturated carbocycles. The van der Waals surface area contributed by atoms with Crippen molar-refractivity contribution in [2.24, 2.45) is 5.41 Å². The number of hydrogen-bond donors (Lipinski definition) is 4.